The van der Waals surface area contributed by atoms with Crippen molar-refractivity contribution < 1.29 is 9.53 Å². The van der Waals surface area contributed by atoms with Crippen molar-refractivity contribution in [2.24, 2.45) is 0 Å². The van der Waals surface area contributed by atoms with Crippen LogP contribution in [-0.2, 0) is 13.1 Å². The number of urea groups is 1. The van der Waals surface area contributed by atoms with Crippen molar-refractivity contribution in [3.63, 3.8) is 0 Å². The van der Waals surface area contributed by atoms with E-state index < -0.39 is 0 Å². The predicted molar refractivity (Wildman–Crippen MR) is 123 cm³/mol. The fourth-order valence-electron chi connectivity index (χ4n) is 3.06. The Kier molecular flexibility index (Phi) is 7.44. The first kappa shape index (κ1) is 21.8. The summed E-state index contributed by atoms with van der Waals surface area (Å²) in [5.74, 6) is 0.815. The lowest BCUT2D eigenvalue weighted by molar-refractivity contribution is 0.214. The number of aromatic nitrogens is 1. The van der Waals surface area contributed by atoms with Gasteiger partial charge in [0, 0.05) is 30.7 Å². The van der Waals surface area contributed by atoms with E-state index in [1.54, 1.807) is 36.3 Å². The summed E-state index contributed by atoms with van der Waals surface area (Å²) >= 11 is 12.0. The number of benzene rings is 2. The van der Waals surface area contributed by atoms with Crippen LogP contribution in [0.3, 0.4) is 0 Å². The molecule has 1 heterocycles. The van der Waals surface area contributed by atoms with Crippen molar-refractivity contribution in [1.82, 2.24) is 9.47 Å². The molecule has 0 aliphatic rings. The summed E-state index contributed by atoms with van der Waals surface area (Å²) in [7, 11) is 1.65. The average molecular weight is 444 g/mol. The minimum absolute atomic E-state index is 0.248. The zero-order valence-corrected chi connectivity index (χ0v) is 18.2. The molecule has 7 heteroatoms. The summed E-state index contributed by atoms with van der Waals surface area (Å²) in [5, 5.41) is 3.69. The van der Waals surface area contributed by atoms with E-state index >= 15 is 0 Å². The second-order valence-corrected chi connectivity index (χ2v) is 7.52. The van der Waals surface area contributed by atoms with Crippen molar-refractivity contribution in [1.29, 1.82) is 0 Å². The van der Waals surface area contributed by atoms with Crippen molar-refractivity contribution in [2.75, 3.05) is 19.0 Å². The number of nitrogens with one attached hydrogen (secondary N) is 1. The molecule has 2 amide bonds. The van der Waals surface area contributed by atoms with Crippen LogP contribution in [0.15, 0.2) is 73.4 Å². The quantitative estimate of drug-likeness (QED) is 0.429. The van der Waals surface area contributed by atoms with Gasteiger partial charge in [0.2, 0.25) is 0 Å². The lowest BCUT2D eigenvalue weighted by atomic mass is 10.2. The predicted octanol–water partition coefficient (Wildman–Crippen LogP) is 6.07. The number of ether oxygens (including phenoxy) is 1. The second-order valence-electron chi connectivity index (χ2n) is 6.71. The number of methoxy groups -OCH3 is 1. The molecular formula is C23H23Cl2N3O2. The van der Waals surface area contributed by atoms with Gasteiger partial charge < -0.3 is 19.5 Å². The number of hydrogen-bond acceptors (Lipinski definition) is 2. The van der Waals surface area contributed by atoms with Gasteiger partial charge in [-0.15, -0.1) is 6.58 Å². The summed E-state index contributed by atoms with van der Waals surface area (Å²) in [6, 6.07) is 16.6. The maximum absolute atomic E-state index is 12.8. The molecule has 3 rings (SSSR count). The average Bonchev–Trinajstić information content (AvgIpc) is 3.17. The SMILES string of the molecule is C=CCN(Cc1cccn1Cc1cccc(OC)c1)C(=O)Nc1ccc(Cl)c(Cl)c1. The van der Waals surface area contributed by atoms with Gasteiger partial charge in [-0.25, -0.2) is 4.79 Å². The molecule has 5 nitrogen and oxygen atoms in total. The summed E-state index contributed by atoms with van der Waals surface area (Å²) in [6.45, 7) is 5.28. The molecule has 0 aliphatic heterocycles. The first-order valence-corrected chi connectivity index (χ1v) is 10.1. The lowest BCUT2D eigenvalue weighted by Crippen LogP contribution is -2.35. The Morgan fingerprint density at radius 3 is 2.73 bits per heavy atom. The Morgan fingerprint density at radius 1 is 1.17 bits per heavy atom. The highest BCUT2D eigenvalue weighted by Crippen LogP contribution is 2.25. The van der Waals surface area contributed by atoms with Crippen LogP contribution >= 0.6 is 23.2 Å². The topological polar surface area (TPSA) is 46.5 Å². The second kappa shape index (κ2) is 10.2. The first-order valence-electron chi connectivity index (χ1n) is 9.39. The summed E-state index contributed by atoms with van der Waals surface area (Å²) < 4.78 is 7.41. The zero-order chi connectivity index (χ0) is 21.5. The molecule has 3 aromatic rings. The molecule has 0 aliphatic carbocycles. The minimum Gasteiger partial charge on any atom is -0.497 e. The number of halogens is 2. The van der Waals surface area contributed by atoms with Crippen LogP contribution in [0.25, 0.3) is 0 Å². The molecule has 1 aromatic heterocycles. The van der Waals surface area contributed by atoms with Crippen molar-refractivity contribution in [3.05, 3.63) is 94.8 Å². The molecule has 1 N–H and O–H groups in total. The Balaban J connectivity index is 1.73. The van der Waals surface area contributed by atoms with E-state index in [1.165, 1.54) is 0 Å². The third kappa shape index (κ3) is 5.59. The zero-order valence-electron chi connectivity index (χ0n) is 16.6. The van der Waals surface area contributed by atoms with Gasteiger partial charge in [-0.2, -0.15) is 0 Å². The van der Waals surface area contributed by atoms with Gasteiger partial charge in [-0.05, 0) is 48.0 Å². The fraction of sp³-hybridized carbons (Fsp3) is 0.174. The van der Waals surface area contributed by atoms with Gasteiger partial charge in [-0.1, -0.05) is 41.4 Å². The minimum atomic E-state index is -0.248. The van der Waals surface area contributed by atoms with Crippen LogP contribution in [0.5, 0.6) is 5.75 Å². The number of hydrogen-bond donors (Lipinski definition) is 1. The maximum atomic E-state index is 12.8. The number of carbonyl (C=O) groups is 1. The van der Waals surface area contributed by atoms with Crippen LogP contribution < -0.4 is 10.1 Å². The number of rotatable bonds is 8. The fourth-order valence-corrected chi connectivity index (χ4v) is 3.36. The molecule has 0 fully saturated rings. The number of amides is 2. The summed E-state index contributed by atoms with van der Waals surface area (Å²) in [5.41, 5.74) is 2.70. The molecule has 0 saturated heterocycles. The van der Waals surface area contributed by atoms with Crippen molar-refractivity contribution in [3.8, 4) is 5.75 Å². The molecule has 2 aromatic carbocycles. The van der Waals surface area contributed by atoms with Crippen molar-refractivity contribution >= 4 is 34.9 Å². The molecule has 0 bridgehead atoms. The highest BCUT2D eigenvalue weighted by Gasteiger charge is 2.15. The first-order chi connectivity index (χ1) is 14.5. The monoisotopic (exact) mass is 443 g/mol. The van der Waals surface area contributed by atoms with Gasteiger partial charge in [0.15, 0.2) is 0 Å². The van der Waals surface area contributed by atoms with Crippen LogP contribution in [0.4, 0.5) is 10.5 Å². The van der Waals surface area contributed by atoms with Gasteiger partial charge in [0.1, 0.15) is 5.75 Å². The molecule has 0 saturated carbocycles. The van der Waals surface area contributed by atoms with Gasteiger partial charge in [-0.3, -0.25) is 0 Å². The summed E-state index contributed by atoms with van der Waals surface area (Å²) in [6.07, 6.45) is 3.70. The van der Waals surface area contributed by atoms with Crippen LogP contribution in [0, 0.1) is 0 Å². The van der Waals surface area contributed by atoms with E-state index in [0.29, 0.717) is 35.4 Å². The standard InChI is InChI=1S/C23H23Cl2N3O2/c1-3-11-28(23(29)26-18-9-10-21(24)22(25)14-18)16-19-7-5-12-27(19)15-17-6-4-8-20(13-17)30-2/h3-10,12-14H,1,11,15-16H2,2H3,(H,26,29). The highest BCUT2D eigenvalue weighted by molar-refractivity contribution is 6.42. The van der Waals surface area contributed by atoms with E-state index in [4.69, 9.17) is 27.9 Å². The molecule has 0 radical (unpaired) electrons. The normalized spacial score (nSPS) is 10.5. The maximum Gasteiger partial charge on any atom is 0.322 e. The largest absolute Gasteiger partial charge is 0.497 e. The molecule has 0 unspecified atom stereocenters. The molecule has 0 atom stereocenters. The molecule has 156 valence electrons. The van der Waals surface area contributed by atoms with Crippen LogP contribution in [-0.4, -0.2) is 29.2 Å². The van der Waals surface area contributed by atoms with E-state index in [9.17, 15) is 4.79 Å². The van der Waals surface area contributed by atoms with Crippen molar-refractivity contribution in [2.45, 2.75) is 13.1 Å². The Morgan fingerprint density at radius 2 is 2.00 bits per heavy atom. The van der Waals surface area contributed by atoms with E-state index in [0.717, 1.165) is 17.0 Å². The molecule has 0 spiro atoms. The molecular weight excluding hydrogens is 421 g/mol. The number of anilines is 1. The van der Waals surface area contributed by atoms with Gasteiger partial charge >= 0.3 is 6.03 Å². The lowest BCUT2D eigenvalue weighted by Gasteiger charge is -2.23. The third-order valence-corrected chi connectivity index (χ3v) is 5.31. The summed E-state index contributed by atoms with van der Waals surface area (Å²) in [4.78, 5) is 14.5. The number of nitrogens with zero attached hydrogens (tertiary/aromatic N) is 2. The van der Waals surface area contributed by atoms with E-state index in [2.05, 4.69) is 16.5 Å². The van der Waals surface area contributed by atoms with Gasteiger partial charge in [0.05, 0.1) is 23.7 Å². The highest BCUT2D eigenvalue weighted by atomic mass is 35.5. The third-order valence-electron chi connectivity index (χ3n) is 4.57. The number of carbonyl (C=O) groups excluding carboxylic acids is 1. The Labute approximate surface area is 186 Å². The Hall–Kier alpha value is -2.89. The smallest absolute Gasteiger partial charge is 0.322 e. The van der Waals surface area contributed by atoms with Gasteiger partial charge in [0.25, 0.3) is 0 Å². The Bertz CT molecular complexity index is 1030. The van der Waals surface area contributed by atoms with E-state index in [1.807, 2.05) is 42.6 Å². The van der Waals surface area contributed by atoms with Crippen LogP contribution in [0.2, 0.25) is 10.0 Å². The van der Waals surface area contributed by atoms with Crippen LogP contribution in [0.1, 0.15) is 11.3 Å². The van der Waals surface area contributed by atoms with E-state index in [-0.39, 0.29) is 6.03 Å². The molecule has 30 heavy (non-hydrogen) atoms.